The summed E-state index contributed by atoms with van der Waals surface area (Å²) in [5, 5.41) is 6.56. The van der Waals surface area contributed by atoms with Crippen LogP contribution in [0, 0.1) is 6.92 Å². The van der Waals surface area contributed by atoms with E-state index < -0.39 is 0 Å². The molecule has 1 aliphatic heterocycles. The highest BCUT2D eigenvalue weighted by Gasteiger charge is 2.22. The molecule has 1 fully saturated rings. The van der Waals surface area contributed by atoms with E-state index in [9.17, 15) is 4.79 Å². The minimum Gasteiger partial charge on any atom is -0.491 e. The normalized spacial score (nSPS) is 16.8. The van der Waals surface area contributed by atoms with Gasteiger partial charge in [-0.25, -0.2) is 4.99 Å². The van der Waals surface area contributed by atoms with Gasteiger partial charge < -0.3 is 25.0 Å². The third kappa shape index (κ3) is 8.77. The second kappa shape index (κ2) is 13.9. The topological polar surface area (TPSA) is 75.2 Å². The zero-order valence-electron chi connectivity index (χ0n) is 19.7. The number of hydrogen-bond acceptors (Lipinski definition) is 4. The van der Waals surface area contributed by atoms with Crippen LogP contribution in [0.1, 0.15) is 57.6 Å². The molecular formula is C24H40N4O3. The number of likely N-dealkylation sites (tertiary alicyclic amines) is 1. The molecule has 31 heavy (non-hydrogen) atoms. The van der Waals surface area contributed by atoms with Crippen LogP contribution in [-0.2, 0) is 16.1 Å². The first-order chi connectivity index (χ1) is 15.0. The van der Waals surface area contributed by atoms with Gasteiger partial charge in [0.1, 0.15) is 12.4 Å². The van der Waals surface area contributed by atoms with E-state index in [1.807, 2.05) is 31.7 Å². The molecule has 1 aromatic rings. The van der Waals surface area contributed by atoms with E-state index in [4.69, 9.17) is 14.5 Å². The Balaban J connectivity index is 1.90. The first-order valence-electron chi connectivity index (χ1n) is 11.7. The number of nitrogens with zero attached hydrogens (tertiary/aromatic N) is 2. The van der Waals surface area contributed by atoms with Gasteiger partial charge in [0.25, 0.3) is 0 Å². The van der Waals surface area contributed by atoms with Crippen molar-refractivity contribution in [1.82, 2.24) is 15.5 Å². The van der Waals surface area contributed by atoms with Gasteiger partial charge in [-0.1, -0.05) is 12.1 Å². The summed E-state index contributed by atoms with van der Waals surface area (Å²) in [6, 6.07) is 6.51. The van der Waals surface area contributed by atoms with Crippen molar-refractivity contribution in [3.05, 3.63) is 29.3 Å². The summed E-state index contributed by atoms with van der Waals surface area (Å²) in [6.45, 7) is 12.7. The maximum atomic E-state index is 12.5. The summed E-state index contributed by atoms with van der Waals surface area (Å²) in [6.07, 6.45) is 3.91. The Kier molecular flexibility index (Phi) is 11.2. The van der Waals surface area contributed by atoms with Gasteiger partial charge in [0.2, 0.25) is 5.91 Å². The molecule has 7 nitrogen and oxygen atoms in total. The average molecular weight is 433 g/mol. The van der Waals surface area contributed by atoms with Crippen LogP contribution >= 0.6 is 0 Å². The lowest BCUT2D eigenvalue weighted by atomic mass is 10.0. The van der Waals surface area contributed by atoms with E-state index >= 15 is 0 Å². The highest BCUT2D eigenvalue weighted by molar-refractivity contribution is 5.81. The third-order valence-corrected chi connectivity index (χ3v) is 5.42. The fourth-order valence-corrected chi connectivity index (χ4v) is 3.69. The van der Waals surface area contributed by atoms with Crippen LogP contribution in [-0.4, -0.2) is 62.3 Å². The van der Waals surface area contributed by atoms with Gasteiger partial charge >= 0.3 is 0 Å². The molecule has 174 valence electrons. The maximum Gasteiger partial charge on any atom is 0.224 e. The van der Waals surface area contributed by atoms with Gasteiger partial charge in [0, 0.05) is 44.3 Å². The lowest BCUT2D eigenvalue weighted by Gasteiger charge is -2.33. The van der Waals surface area contributed by atoms with E-state index in [0.29, 0.717) is 51.3 Å². The minimum atomic E-state index is 0.221. The Bertz CT molecular complexity index is 708. The molecule has 0 saturated carbocycles. The summed E-state index contributed by atoms with van der Waals surface area (Å²) in [5.74, 6) is 1.77. The van der Waals surface area contributed by atoms with Gasteiger partial charge in [0.05, 0.1) is 13.2 Å². The largest absolute Gasteiger partial charge is 0.491 e. The van der Waals surface area contributed by atoms with Crippen LogP contribution in [0.5, 0.6) is 5.75 Å². The zero-order chi connectivity index (χ0) is 22.5. The van der Waals surface area contributed by atoms with Gasteiger partial charge in [-0.15, -0.1) is 0 Å². The Hall–Kier alpha value is -2.28. The number of piperidine rings is 1. The molecular weight excluding hydrogens is 392 g/mol. The first-order valence-corrected chi connectivity index (χ1v) is 11.7. The number of ether oxygens (including phenoxy) is 2. The molecule has 0 bridgehead atoms. The highest BCUT2D eigenvalue weighted by atomic mass is 16.5. The van der Waals surface area contributed by atoms with Crippen LogP contribution in [0.2, 0.25) is 0 Å². The maximum absolute atomic E-state index is 12.5. The number of aryl methyl sites for hydroxylation is 1. The number of nitrogens with one attached hydrogen (secondary N) is 2. The van der Waals surface area contributed by atoms with Gasteiger partial charge in [0.15, 0.2) is 5.96 Å². The molecule has 0 aromatic heterocycles. The van der Waals surface area contributed by atoms with E-state index in [-0.39, 0.29) is 5.91 Å². The summed E-state index contributed by atoms with van der Waals surface area (Å²) in [5.41, 5.74) is 2.17. The smallest absolute Gasteiger partial charge is 0.224 e. The van der Waals surface area contributed by atoms with E-state index in [1.54, 1.807) is 0 Å². The van der Waals surface area contributed by atoms with Crippen LogP contribution < -0.4 is 15.4 Å². The summed E-state index contributed by atoms with van der Waals surface area (Å²) >= 11 is 0. The van der Waals surface area contributed by atoms with Crippen molar-refractivity contribution in [2.24, 2.45) is 4.99 Å². The first kappa shape index (κ1) is 25.0. The predicted octanol–water partition coefficient (Wildman–Crippen LogP) is 3.26. The Morgan fingerprint density at radius 3 is 2.81 bits per heavy atom. The van der Waals surface area contributed by atoms with Crippen molar-refractivity contribution in [3.63, 3.8) is 0 Å². The lowest BCUT2D eigenvalue weighted by molar-refractivity contribution is -0.134. The number of amides is 1. The van der Waals surface area contributed by atoms with Gasteiger partial charge in [-0.05, 0) is 58.6 Å². The summed E-state index contributed by atoms with van der Waals surface area (Å²) < 4.78 is 11.3. The molecule has 1 amide bonds. The van der Waals surface area contributed by atoms with Gasteiger partial charge in [-0.2, -0.15) is 0 Å². The molecule has 1 unspecified atom stereocenters. The number of carbonyl (C=O) groups is 1. The molecule has 1 atom stereocenters. The molecule has 1 aromatic carbocycles. The fraction of sp³-hybridized carbons (Fsp3) is 0.667. The summed E-state index contributed by atoms with van der Waals surface area (Å²) in [4.78, 5) is 19.3. The zero-order valence-corrected chi connectivity index (χ0v) is 19.7. The Morgan fingerprint density at radius 2 is 2.06 bits per heavy atom. The minimum absolute atomic E-state index is 0.221. The number of carbonyl (C=O) groups excluding carboxylic acids is 1. The monoisotopic (exact) mass is 432 g/mol. The quantitative estimate of drug-likeness (QED) is 0.319. The van der Waals surface area contributed by atoms with Crippen LogP contribution in [0.4, 0.5) is 0 Å². The van der Waals surface area contributed by atoms with E-state index in [0.717, 1.165) is 42.8 Å². The number of aliphatic imine (C=N–C) groups is 1. The Morgan fingerprint density at radius 1 is 1.23 bits per heavy atom. The third-order valence-electron chi connectivity index (χ3n) is 5.42. The highest BCUT2D eigenvalue weighted by Crippen LogP contribution is 2.21. The molecule has 2 rings (SSSR count). The van der Waals surface area contributed by atoms with Crippen LogP contribution in [0.15, 0.2) is 23.2 Å². The molecule has 2 N–H and O–H groups in total. The molecule has 1 saturated heterocycles. The molecule has 1 aliphatic rings. The lowest BCUT2D eigenvalue weighted by Crippen LogP contribution is -2.44. The predicted molar refractivity (Wildman–Crippen MR) is 126 cm³/mol. The van der Waals surface area contributed by atoms with Gasteiger partial charge in [-0.3, -0.25) is 4.79 Å². The van der Waals surface area contributed by atoms with Crippen molar-refractivity contribution < 1.29 is 14.3 Å². The standard InChI is InChI=1S/C24H40N4O3/c1-5-25-24(26-13-12-23(29)28-14-8-7-9-20(28)4)27-18-21-11-10-19(3)17-22(21)31-16-15-30-6-2/h10-11,17,20H,5-9,12-16,18H2,1-4H3,(H2,25,26,27). The second-order valence-electron chi connectivity index (χ2n) is 7.96. The average Bonchev–Trinajstić information content (AvgIpc) is 2.76. The SMILES string of the molecule is CCNC(=NCc1ccc(C)cc1OCCOCC)NCCC(=O)N1CCCCC1C. The molecule has 0 radical (unpaired) electrons. The number of benzene rings is 1. The molecule has 0 spiro atoms. The van der Waals surface area contributed by atoms with Crippen molar-refractivity contribution in [2.75, 3.05) is 39.5 Å². The summed E-state index contributed by atoms with van der Waals surface area (Å²) in [7, 11) is 0. The van der Waals surface area contributed by atoms with E-state index in [1.165, 1.54) is 6.42 Å². The van der Waals surface area contributed by atoms with Crippen molar-refractivity contribution >= 4 is 11.9 Å². The van der Waals surface area contributed by atoms with E-state index in [2.05, 4.69) is 29.7 Å². The number of hydrogen-bond donors (Lipinski definition) is 2. The van der Waals surface area contributed by atoms with Crippen molar-refractivity contribution in [3.8, 4) is 5.75 Å². The van der Waals surface area contributed by atoms with Crippen LogP contribution in [0.25, 0.3) is 0 Å². The van der Waals surface area contributed by atoms with Crippen molar-refractivity contribution in [1.29, 1.82) is 0 Å². The van der Waals surface area contributed by atoms with Crippen molar-refractivity contribution in [2.45, 2.75) is 66.0 Å². The molecule has 7 heteroatoms. The molecule has 0 aliphatic carbocycles. The second-order valence-corrected chi connectivity index (χ2v) is 7.96. The van der Waals surface area contributed by atoms with Crippen LogP contribution in [0.3, 0.4) is 0 Å². The molecule has 1 heterocycles. The fourth-order valence-electron chi connectivity index (χ4n) is 3.69. The number of rotatable bonds is 11. The Labute approximate surface area is 187 Å². The number of guanidine groups is 1.